The van der Waals surface area contributed by atoms with Gasteiger partial charge < -0.3 is 9.80 Å². The maximum atomic E-state index is 13.5. The lowest BCUT2D eigenvalue weighted by molar-refractivity contribution is -0.137. The van der Waals surface area contributed by atoms with Crippen LogP contribution in [0.4, 0.5) is 0 Å². The third kappa shape index (κ3) is 4.19. The molecular formula is C24H28Cl2N2O. The van der Waals surface area contributed by atoms with E-state index in [1.807, 2.05) is 12.1 Å². The van der Waals surface area contributed by atoms with Crippen LogP contribution in [0.5, 0.6) is 0 Å². The van der Waals surface area contributed by atoms with Crippen LogP contribution in [0, 0.1) is 0 Å². The van der Waals surface area contributed by atoms with Gasteiger partial charge >= 0.3 is 0 Å². The molecule has 5 heteroatoms. The summed E-state index contributed by atoms with van der Waals surface area (Å²) in [5.41, 5.74) is 3.58. The van der Waals surface area contributed by atoms with Crippen LogP contribution in [0.25, 0.3) is 0 Å². The molecule has 3 nitrogen and oxygen atoms in total. The number of benzene rings is 2. The molecule has 1 saturated heterocycles. The topological polar surface area (TPSA) is 23.6 Å². The Balaban J connectivity index is 1.66. The molecule has 0 radical (unpaired) electrons. The molecule has 0 aliphatic carbocycles. The van der Waals surface area contributed by atoms with Crippen LogP contribution in [0.3, 0.4) is 0 Å². The predicted octanol–water partition coefficient (Wildman–Crippen LogP) is 5.71. The molecular weight excluding hydrogens is 403 g/mol. The van der Waals surface area contributed by atoms with E-state index in [-0.39, 0.29) is 18.0 Å². The Bertz CT molecular complexity index is 894. The van der Waals surface area contributed by atoms with Crippen molar-refractivity contribution in [1.82, 2.24) is 9.80 Å². The number of likely N-dealkylation sites (tertiary alicyclic amines) is 1. The van der Waals surface area contributed by atoms with Crippen molar-refractivity contribution in [3.8, 4) is 0 Å². The summed E-state index contributed by atoms with van der Waals surface area (Å²) in [4.78, 5) is 18.2. The minimum Gasteiger partial charge on any atom is -0.331 e. The van der Waals surface area contributed by atoms with Crippen LogP contribution >= 0.6 is 23.2 Å². The molecule has 154 valence electrons. The van der Waals surface area contributed by atoms with Gasteiger partial charge in [0.25, 0.3) is 0 Å². The molecule has 3 atom stereocenters. The highest BCUT2D eigenvalue weighted by Gasteiger charge is 2.39. The van der Waals surface area contributed by atoms with Gasteiger partial charge in [-0.25, -0.2) is 0 Å². The van der Waals surface area contributed by atoms with E-state index in [0.717, 1.165) is 25.2 Å². The van der Waals surface area contributed by atoms with Gasteiger partial charge in [0.2, 0.25) is 5.91 Å². The monoisotopic (exact) mass is 430 g/mol. The highest BCUT2D eigenvalue weighted by Crippen LogP contribution is 2.41. The summed E-state index contributed by atoms with van der Waals surface area (Å²) >= 11 is 12.2. The average Bonchev–Trinajstić information content (AvgIpc) is 3.22. The van der Waals surface area contributed by atoms with E-state index in [1.165, 1.54) is 24.0 Å². The Morgan fingerprint density at radius 2 is 1.69 bits per heavy atom. The van der Waals surface area contributed by atoms with E-state index in [1.54, 1.807) is 6.07 Å². The molecule has 2 heterocycles. The van der Waals surface area contributed by atoms with Gasteiger partial charge in [-0.1, -0.05) is 60.5 Å². The van der Waals surface area contributed by atoms with Gasteiger partial charge in [-0.15, -0.1) is 0 Å². The SMILES string of the molecule is C[C@@H]1c2ccccc2[C@H](CN2CCCC2)N(C(=O)Cc2ccc(Cl)c(Cl)c2)[C@@H]1C. The molecule has 2 aliphatic heterocycles. The second kappa shape index (κ2) is 8.67. The summed E-state index contributed by atoms with van der Waals surface area (Å²) in [6.07, 6.45) is 2.84. The van der Waals surface area contributed by atoms with Crippen molar-refractivity contribution in [2.75, 3.05) is 19.6 Å². The molecule has 29 heavy (non-hydrogen) atoms. The zero-order valence-corrected chi connectivity index (χ0v) is 18.6. The number of hydrogen-bond acceptors (Lipinski definition) is 2. The summed E-state index contributed by atoms with van der Waals surface area (Å²) in [6, 6.07) is 14.4. The normalized spacial score (nSPS) is 24.6. The molecule has 0 N–H and O–H groups in total. The molecule has 0 spiro atoms. The zero-order chi connectivity index (χ0) is 20.5. The van der Waals surface area contributed by atoms with Gasteiger partial charge in [-0.05, 0) is 61.7 Å². The summed E-state index contributed by atoms with van der Waals surface area (Å²) in [5, 5.41) is 1.01. The highest BCUT2D eigenvalue weighted by molar-refractivity contribution is 6.42. The van der Waals surface area contributed by atoms with Gasteiger partial charge in [0.05, 0.1) is 22.5 Å². The lowest BCUT2D eigenvalue weighted by Gasteiger charge is -2.46. The van der Waals surface area contributed by atoms with Crippen molar-refractivity contribution < 1.29 is 4.79 Å². The van der Waals surface area contributed by atoms with Crippen molar-refractivity contribution in [1.29, 1.82) is 0 Å². The van der Waals surface area contributed by atoms with Crippen molar-refractivity contribution in [2.45, 2.75) is 51.1 Å². The van der Waals surface area contributed by atoms with Gasteiger partial charge in [-0.2, -0.15) is 0 Å². The van der Waals surface area contributed by atoms with Crippen LogP contribution < -0.4 is 0 Å². The van der Waals surface area contributed by atoms with E-state index < -0.39 is 0 Å². The van der Waals surface area contributed by atoms with Crippen LogP contribution in [0.1, 0.15) is 55.3 Å². The van der Waals surface area contributed by atoms with Crippen LogP contribution in [-0.2, 0) is 11.2 Å². The molecule has 4 rings (SSSR count). The second-order valence-corrected chi connectivity index (χ2v) is 9.22. The zero-order valence-electron chi connectivity index (χ0n) is 17.1. The number of carbonyl (C=O) groups is 1. The van der Waals surface area contributed by atoms with Crippen LogP contribution in [0.2, 0.25) is 10.0 Å². The lowest BCUT2D eigenvalue weighted by atomic mass is 9.81. The van der Waals surface area contributed by atoms with Gasteiger partial charge in [-0.3, -0.25) is 4.79 Å². The fourth-order valence-corrected chi connectivity index (χ4v) is 5.20. The fraction of sp³-hybridized carbons (Fsp3) is 0.458. The molecule has 0 unspecified atom stereocenters. The number of hydrogen-bond donors (Lipinski definition) is 0. The Morgan fingerprint density at radius 1 is 1.00 bits per heavy atom. The molecule has 0 saturated carbocycles. The van der Waals surface area contributed by atoms with Gasteiger partial charge in [0.15, 0.2) is 0 Å². The van der Waals surface area contributed by atoms with Crippen LogP contribution in [-0.4, -0.2) is 41.4 Å². The van der Waals surface area contributed by atoms with Crippen molar-refractivity contribution in [3.05, 3.63) is 69.2 Å². The first kappa shape index (κ1) is 20.7. The Hall–Kier alpha value is -1.55. The predicted molar refractivity (Wildman–Crippen MR) is 120 cm³/mol. The minimum absolute atomic E-state index is 0.0887. The number of nitrogens with zero attached hydrogens (tertiary/aromatic N) is 2. The van der Waals surface area contributed by atoms with E-state index in [4.69, 9.17) is 23.2 Å². The molecule has 0 bridgehead atoms. The number of halogens is 2. The van der Waals surface area contributed by atoms with Gasteiger partial charge in [0, 0.05) is 18.5 Å². The van der Waals surface area contributed by atoms with Crippen molar-refractivity contribution in [2.24, 2.45) is 0 Å². The lowest BCUT2D eigenvalue weighted by Crippen LogP contribution is -2.51. The summed E-state index contributed by atoms with van der Waals surface area (Å²) in [6.45, 7) is 7.56. The van der Waals surface area contributed by atoms with E-state index in [0.29, 0.717) is 22.4 Å². The number of carbonyl (C=O) groups excluding carboxylic acids is 1. The number of rotatable bonds is 4. The first-order valence-corrected chi connectivity index (χ1v) is 11.3. The third-order valence-electron chi connectivity index (χ3n) is 6.60. The first-order chi connectivity index (χ1) is 14.0. The smallest absolute Gasteiger partial charge is 0.227 e. The Kier molecular flexibility index (Phi) is 6.19. The number of amides is 1. The Labute approximate surface area is 183 Å². The van der Waals surface area contributed by atoms with E-state index in [9.17, 15) is 4.79 Å². The highest BCUT2D eigenvalue weighted by atomic mass is 35.5. The second-order valence-electron chi connectivity index (χ2n) is 8.41. The molecule has 1 amide bonds. The largest absolute Gasteiger partial charge is 0.331 e. The first-order valence-electron chi connectivity index (χ1n) is 10.5. The summed E-state index contributed by atoms with van der Waals surface area (Å²) < 4.78 is 0. The van der Waals surface area contributed by atoms with Crippen molar-refractivity contribution >= 4 is 29.1 Å². The minimum atomic E-state index is 0.0887. The fourth-order valence-electron chi connectivity index (χ4n) is 4.88. The maximum Gasteiger partial charge on any atom is 0.227 e. The molecule has 2 aromatic rings. The average molecular weight is 431 g/mol. The van der Waals surface area contributed by atoms with Crippen LogP contribution in [0.15, 0.2) is 42.5 Å². The Morgan fingerprint density at radius 3 is 2.38 bits per heavy atom. The van der Waals surface area contributed by atoms with Crippen molar-refractivity contribution in [3.63, 3.8) is 0 Å². The van der Waals surface area contributed by atoms with Gasteiger partial charge in [0.1, 0.15) is 0 Å². The standard InChI is InChI=1S/C24H28Cl2N2O/c1-16-17(2)28(24(29)14-18-9-10-21(25)22(26)13-18)23(15-27-11-5-6-12-27)20-8-4-3-7-19(16)20/h3-4,7-10,13,16-17,23H,5-6,11-12,14-15H2,1-2H3/t16-,17+,23-/m0/s1. The summed E-state index contributed by atoms with van der Waals surface area (Å²) in [7, 11) is 0. The van der Waals surface area contributed by atoms with E-state index in [2.05, 4.69) is 47.9 Å². The summed E-state index contributed by atoms with van der Waals surface area (Å²) in [5.74, 6) is 0.459. The molecule has 0 aromatic heterocycles. The van der Waals surface area contributed by atoms with E-state index >= 15 is 0 Å². The molecule has 2 aromatic carbocycles. The third-order valence-corrected chi connectivity index (χ3v) is 7.34. The maximum absolute atomic E-state index is 13.5. The molecule has 1 fully saturated rings. The number of fused-ring (bicyclic) bond motifs is 1. The molecule has 2 aliphatic rings. The quantitative estimate of drug-likeness (QED) is 0.619.